The molecule has 0 radical (unpaired) electrons. The van der Waals surface area contributed by atoms with Gasteiger partial charge in [-0.2, -0.15) is 0 Å². The first-order chi connectivity index (χ1) is 16.1. The Hall–Kier alpha value is -3.92. The Morgan fingerprint density at radius 1 is 0.912 bits per heavy atom. The summed E-state index contributed by atoms with van der Waals surface area (Å²) < 4.78 is 40.7. The van der Waals surface area contributed by atoms with E-state index in [4.69, 9.17) is 0 Å². The minimum Gasteiger partial charge on any atom is -0.348 e. The van der Waals surface area contributed by atoms with E-state index in [9.17, 15) is 22.4 Å². The molecule has 0 bridgehead atoms. The maximum Gasteiger partial charge on any atom is 0.319 e. The summed E-state index contributed by atoms with van der Waals surface area (Å²) in [6.07, 6.45) is 0. The monoisotopic (exact) mass is 484 g/mol. The molecule has 0 saturated carbocycles. The number of carbonyl (C=O) groups excluding carboxylic acids is 2. The van der Waals surface area contributed by atoms with Crippen LogP contribution in [0.4, 0.5) is 20.6 Å². The predicted octanol–water partition coefficient (Wildman–Crippen LogP) is 4.09. The van der Waals surface area contributed by atoms with Gasteiger partial charge in [0.1, 0.15) is 5.82 Å². The van der Waals surface area contributed by atoms with Gasteiger partial charge in [0, 0.05) is 29.5 Å². The first kappa shape index (κ1) is 24.7. The van der Waals surface area contributed by atoms with Crippen LogP contribution in [0.15, 0.2) is 77.7 Å². The van der Waals surface area contributed by atoms with E-state index in [0.29, 0.717) is 5.69 Å². The van der Waals surface area contributed by atoms with Crippen molar-refractivity contribution < 1.29 is 22.4 Å². The summed E-state index contributed by atoms with van der Waals surface area (Å²) in [6.45, 7) is 3.93. The van der Waals surface area contributed by atoms with Gasteiger partial charge in [0.15, 0.2) is 0 Å². The smallest absolute Gasteiger partial charge is 0.319 e. The van der Waals surface area contributed by atoms with E-state index < -0.39 is 21.7 Å². The molecule has 3 aromatic carbocycles. The van der Waals surface area contributed by atoms with Gasteiger partial charge in [0.05, 0.1) is 4.90 Å². The number of anilines is 2. The number of amides is 3. The molecule has 0 unspecified atom stereocenters. The summed E-state index contributed by atoms with van der Waals surface area (Å²) in [5.41, 5.74) is 1.78. The molecule has 0 aliphatic carbocycles. The van der Waals surface area contributed by atoms with E-state index in [1.807, 2.05) is 13.8 Å². The van der Waals surface area contributed by atoms with Crippen LogP contribution in [-0.4, -0.2) is 26.4 Å². The summed E-state index contributed by atoms with van der Waals surface area (Å²) in [5.74, 6) is -0.929. The predicted molar refractivity (Wildman–Crippen MR) is 129 cm³/mol. The number of hydrogen-bond donors (Lipinski definition) is 4. The number of benzene rings is 3. The fourth-order valence-electron chi connectivity index (χ4n) is 2.96. The molecule has 0 fully saturated rings. The minimum atomic E-state index is -3.96. The number of nitrogens with one attached hydrogen (secondary N) is 4. The normalized spacial score (nSPS) is 11.1. The number of halogens is 1. The average Bonchev–Trinajstić information content (AvgIpc) is 2.79. The van der Waals surface area contributed by atoms with E-state index in [1.54, 1.807) is 24.3 Å². The molecule has 3 aromatic rings. The molecule has 0 aliphatic rings. The van der Waals surface area contributed by atoms with Gasteiger partial charge in [-0.15, -0.1) is 0 Å². The maximum absolute atomic E-state index is 13.0. The number of sulfonamides is 1. The summed E-state index contributed by atoms with van der Waals surface area (Å²) in [5, 5.41) is 8.18. The lowest BCUT2D eigenvalue weighted by atomic mass is 10.2. The molecule has 0 atom stereocenters. The topological polar surface area (TPSA) is 116 Å². The van der Waals surface area contributed by atoms with Crippen molar-refractivity contribution in [2.24, 2.45) is 0 Å². The third-order valence-electron chi connectivity index (χ3n) is 4.59. The molecule has 4 N–H and O–H groups in total. The largest absolute Gasteiger partial charge is 0.348 e. The molecule has 3 rings (SSSR count). The SMILES string of the molecule is CC(C)NC(=O)Nc1ccc(CNC(=O)c2cccc(S(=O)(=O)Nc3ccc(F)cc3)c2)cc1. The highest BCUT2D eigenvalue weighted by Crippen LogP contribution is 2.18. The summed E-state index contributed by atoms with van der Waals surface area (Å²) in [6, 6.07) is 17.2. The number of urea groups is 1. The van der Waals surface area contributed by atoms with E-state index in [1.165, 1.54) is 36.4 Å². The van der Waals surface area contributed by atoms with Crippen LogP contribution >= 0.6 is 0 Å². The van der Waals surface area contributed by atoms with Crippen LogP contribution < -0.4 is 20.7 Å². The molecular weight excluding hydrogens is 459 g/mol. The molecule has 178 valence electrons. The molecular formula is C24H25FN4O4S. The second-order valence-corrected chi connectivity index (χ2v) is 9.46. The minimum absolute atomic E-state index is 0.0154. The molecule has 0 saturated heterocycles. The van der Waals surface area contributed by atoms with Crippen LogP contribution in [0.1, 0.15) is 29.8 Å². The summed E-state index contributed by atoms with van der Waals surface area (Å²) in [4.78, 5) is 24.2. The Morgan fingerprint density at radius 2 is 1.56 bits per heavy atom. The van der Waals surface area contributed by atoms with Crippen molar-refractivity contribution in [3.8, 4) is 0 Å². The van der Waals surface area contributed by atoms with Crippen molar-refractivity contribution in [2.75, 3.05) is 10.0 Å². The average molecular weight is 485 g/mol. The lowest BCUT2D eigenvalue weighted by Crippen LogP contribution is -2.34. The van der Waals surface area contributed by atoms with Gasteiger partial charge in [0.25, 0.3) is 15.9 Å². The second-order valence-electron chi connectivity index (χ2n) is 7.77. The fraction of sp³-hybridized carbons (Fsp3) is 0.167. The number of carbonyl (C=O) groups is 2. The van der Waals surface area contributed by atoms with Gasteiger partial charge >= 0.3 is 6.03 Å². The van der Waals surface area contributed by atoms with Crippen LogP contribution in [0.5, 0.6) is 0 Å². The number of hydrogen-bond acceptors (Lipinski definition) is 4. The summed E-state index contributed by atoms with van der Waals surface area (Å²) in [7, 11) is -3.96. The molecule has 0 aromatic heterocycles. The zero-order valence-electron chi connectivity index (χ0n) is 18.6. The van der Waals surface area contributed by atoms with Crippen molar-refractivity contribution in [3.05, 3.63) is 89.7 Å². The van der Waals surface area contributed by atoms with Gasteiger partial charge in [-0.3, -0.25) is 9.52 Å². The lowest BCUT2D eigenvalue weighted by Gasteiger charge is -2.11. The Bertz CT molecular complexity index is 1260. The first-order valence-corrected chi connectivity index (χ1v) is 11.9. The highest BCUT2D eigenvalue weighted by atomic mass is 32.2. The van der Waals surface area contributed by atoms with E-state index in [2.05, 4.69) is 20.7 Å². The molecule has 0 spiro atoms. The molecule has 0 aliphatic heterocycles. The van der Waals surface area contributed by atoms with Crippen molar-refractivity contribution in [2.45, 2.75) is 31.3 Å². The van der Waals surface area contributed by atoms with Crippen molar-refractivity contribution >= 4 is 33.3 Å². The van der Waals surface area contributed by atoms with Gasteiger partial charge in [-0.25, -0.2) is 17.6 Å². The third kappa shape index (κ3) is 7.04. The zero-order valence-corrected chi connectivity index (χ0v) is 19.4. The molecule has 3 amide bonds. The summed E-state index contributed by atoms with van der Waals surface area (Å²) >= 11 is 0. The quantitative estimate of drug-likeness (QED) is 0.385. The van der Waals surface area contributed by atoms with Gasteiger partial charge in [-0.05, 0) is 74.0 Å². The van der Waals surface area contributed by atoms with Gasteiger partial charge in [-0.1, -0.05) is 18.2 Å². The van der Waals surface area contributed by atoms with Crippen LogP contribution in [0.2, 0.25) is 0 Å². The van der Waals surface area contributed by atoms with Crippen molar-refractivity contribution in [1.29, 1.82) is 0 Å². The highest BCUT2D eigenvalue weighted by molar-refractivity contribution is 7.92. The van der Waals surface area contributed by atoms with Gasteiger partial charge in [0.2, 0.25) is 0 Å². The zero-order chi connectivity index (χ0) is 24.7. The molecule has 0 heterocycles. The third-order valence-corrected chi connectivity index (χ3v) is 5.97. The van der Waals surface area contributed by atoms with E-state index in [-0.39, 0.29) is 34.8 Å². The molecule has 10 heteroatoms. The number of rotatable bonds is 8. The first-order valence-electron chi connectivity index (χ1n) is 10.5. The standard InChI is InChI=1S/C24H25FN4O4S/c1-16(2)27-24(31)28-20-10-6-17(7-11-20)15-26-23(30)18-4-3-5-22(14-18)34(32,33)29-21-12-8-19(25)9-13-21/h3-14,16,29H,15H2,1-2H3,(H,26,30)(H2,27,28,31). The molecule has 8 nitrogen and oxygen atoms in total. The molecule has 34 heavy (non-hydrogen) atoms. The van der Waals surface area contributed by atoms with E-state index in [0.717, 1.165) is 17.7 Å². The lowest BCUT2D eigenvalue weighted by molar-refractivity contribution is 0.0950. The van der Waals surface area contributed by atoms with Crippen molar-refractivity contribution in [1.82, 2.24) is 10.6 Å². The van der Waals surface area contributed by atoms with Crippen LogP contribution in [0.25, 0.3) is 0 Å². The Balaban J connectivity index is 1.61. The van der Waals surface area contributed by atoms with Crippen LogP contribution in [0.3, 0.4) is 0 Å². The maximum atomic E-state index is 13.0. The Morgan fingerprint density at radius 3 is 2.21 bits per heavy atom. The Labute approximate surface area is 197 Å². The van der Waals surface area contributed by atoms with Crippen molar-refractivity contribution in [3.63, 3.8) is 0 Å². The van der Waals surface area contributed by atoms with E-state index >= 15 is 0 Å². The van der Waals surface area contributed by atoms with Gasteiger partial charge < -0.3 is 16.0 Å². The second kappa shape index (κ2) is 10.8. The fourth-order valence-corrected chi connectivity index (χ4v) is 4.06. The highest BCUT2D eigenvalue weighted by Gasteiger charge is 2.17. The van der Waals surface area contributed by atoms with Crippen LogP contribution in [0, 0.1) is 5.82 Å². The van der Waals surface area contributed by atoms with Crippen LogP contribution in [-0.2, 0) is 16.6 Å². The Kier molecular flexibility index (Phi) is 7.85.